The molecule has 136 valence electrons. The fourth-order valence-corrected chi connectivity index (χ4v) is 3.68. The van der Waals surface area contributed by atoms with Gasteiger partial charge in [0.1, 0.15) is 29.8 Å². The zero-order valence-corrected chi connectivity index (χ0v) is 15.1. The summed E-state index contributed by atoms with van der Waals surface area (Å²) in [5.74, 6) is 2.11. The molecule has 27 heavy (non-hydrogen) atoms. The minimum absolute atomic E-state index is 0.0513. The van der Waals surface area contributed by atoms with Gasteiger partial charge in [-0.05, 0) is 24.6 Å². The van der Waals surface area contributed by atoms with Crippen LogP contribution < -0.4 is 10.5 Å². The van der Waals surface area contributed by atoms with E-state index in [9.17, 15) is 0 Å². The summed E-state index contributed by atoms with van der Waals surface area (Å²) in [5, 5.41) is 1.03. The number of ether oxygens (including phenoxy) is 2. The maximum Gasteiger partial charge on any atom is 0.152 e. The Bertz CT molecular complexity index is 1140. The Balaban J connectivity index is 1.59. The minimum Gasteiger partial charge on any atom is -0.486 e. The van der Waals surface area contributed by atoms with Crippen LogP contribution in [0.4, 0.5) is 5.82 Å². The van der Waals surface area contributed by atoms with Crippen molar-refractivity contribution in [1.82, 2.24) is 14.5 Å². The molecule has 4 aromatic rings. The van der Waals surface area contributed by atoms with Gasteiger partial charge in [0.25, 0.3) is 0 Å². The summed E-state index contributed by atoms with van der Waals surface area (Å²) in [7, 11) is 0. The molecule has 0 fully saturated rings. The first-order valence-electron chi connectivity index (χ1n) is 9.08. The van der Waals surface area contributed by atoms with Crippen molar-refractivity contribution >= 4 is 27.8 Å². The van der Waals surface area contributed by atoms with Gasteiger partial charge in [0, 0.05) is 18.0 Å². The molecule has 0 saturated carbocycles. The Hall–Kier alpha value is -3.12. The van der Waals surface area contributed by atoms with Gasteiger partial charge in [-0.1, -0.05) is 30.3 Å². The van der Waals surface area contributed by atoms with Crippen molar-refractivity contribution in [1.29, 1.82) is 0 Å². The van der Waals surface area contributed by atoms with Gasteiger partial charge in [-0.25, -0.2) is 9.97 Å². The number of hydrogen-bond acceptors (Lipinski definition) is 5. The average Bonchev–Trinajstić information content (AvgIpc) is 3.09. The topological polar surface area (TPSA) is 75.2 Å². The Labute approximate surface area is 156 Å². The molecule has 1 atom stereocenters. The van der Waals surface area contributed by atoms with Crippen molar-refractivity contribution in [3.8, 4) is 5.75 Å². The van der Waals surface area contributed by atoms with Crippen LogP contribution in [0.2, 0.25) is 0 Å². The van der Waals surface area contributed by atoms with E-state index in [-0.39, 0.29) is 6.10 Å². The van der Waals surface area contributed by atoms with Gasteiger partial charge in [0.15, 0.2) is 5.82 Å². The monoisotopic (exact) mass is 360 g/mol. The first-order valence-corrected chi connectivity index (χ1v) is 9.08. The lowest BCUT2D eigenvalue weighted by Gasteiger charge is -2.17. The number of imidazole rings is 1. The molecule has 6 heteroatoms. The number of aromatic nitrogens is 3. The van der Waals surface area contributed by atoms with Crippen LogP contribution in [0.25, 0.3) is 21.9 Å². The van der Waals surface area contributed by atoms with Gasteiger partial charge in [-0.2, -0.15) is 0 Å². The number of pyridine rings is 1. The SMILES string of the molecule is CC(Oc1ccc2c(c1)nc(N)c1nc3n(c12)CCOC3)c1ccccc1. The maximum absolute atomic E-state index is 6.21. The average molecular weight is 360 g/mol. The molecule has 0 saturated heterocycles. The van der Waals surface area contributed by atoms with Gasteiger partial charge in [0.05, 0.1) is 17.6 Å². The number of nitrogens with two attached hydrogens (primary N) is 1. The highest BCUT2D eigenvalue weighted by Gasteiger charge is 2.20. The van der Waals surface area contributed by atoms with E-state index < -0.39 is 0 Å². The smallest absolute Gasteiger partial charge is 0.152 e. The summed E-state index contributed by atoms with van der Waals surface area (Å²) in [5.41, 5.74) is 9.92. The van der Waals surface area contributed by atoms with E-state index in [0.29, 0.717) is 19.0 Å². The van der Waals surface area contributed by atoms with Crippen LogP contribution in [-0.4, -0.2) is 21.1 Å². The second kappa shape index (κ2) is 6.25. The van der Waals surface area contributed by atoms with Gasteiger partial charge in [0.2, 0.25) is 0 Å². The van der Waals surface area contributed by atoms with Crippen LogP contribution in [0.5, 0.6) is 5.75 Å². The van der Waals surface area contributed by atoms with E-state index in [1.54, 1.807) is 0 Å². The summed E-state index contributed by atoms with van der Waals surface area (Å²) >= 11 is 0. The van der Waals surface area contributed by atoms with Crippen molar-refractivity contribution in [2.45, 2.75) is 26.2 Å². The lowest BCUT2D eigenvalue weighted by Crippen LogP contribution is -2.16. The van der Waals surface area contributed by atoms with Crippen LogP contribution >= 0.6 is 0 Å². The Morgan fingerprint density at radius 2 is 2.00 bits per heavy atom. The number of nitrogen functional groups attached to an aromatic ring is 1. The van der Waals surface area contributed by atoms with Gasteiger partial charge in [-0.3, -0.25) is 0 Å². The fourth-order valence-electron chi connectivity index (χ4n) is 3.68. The summed E-state index contributed by atoms with van der Waals surface area (Å²) < 4.78 is 13.8. The van der Waals surface area contributed by atoms with Crippen molar-refractivity contribution in [2.24, 2.45) is 0 Å². The molecular weight excluding hydrogens is 340 g/mol. The summed E-state index contributed by atoms with van der Waals surface area (Å²) in [4.78, 5) is 9.20. The molecule has 0 aliphatic carbocycles. The van der Waals surface area contributed by atoms with Crippen LogP contribution in [0.1, 0.15) is 24.4 Å². The highest BCUT2D eigenvalue weighted by molar-refractivity contribution is 6.06. The zero-order chi connectivity index (χ0) is 18.4. The van der Waals surface area contributed by atoms with Crippen LogP contribution in [0.3, 0.4) is 0 Å². The fraction of sp³-hybridized carbons (Fsp3) is 0.238. The van der Waals surface area contributed by atoms with Crippen molar-refractivity contribution in [3.63, 3.8) is 0 Å². The van der Waals surface area contributed by atoms with Crippen LogP contribution in [0.15, 0.2) is 48.5 Å². The van der Waals surface area contributed by atoms with E-state index >= 15 is 0 Å². The van der Waals surface area contributed by atoms with E-state index in [1.807, 2.05) is 43.3 Å². The quantitative estimate of drug-likeness (QED) is 0.601. The van der Waals surface area contributed by atoms with E-state index in [2.05, 4.69) is 26.7 Å². The molecule has 6 nitrogen and oxygen atoms in total. The number of hydrogen-bond donors (Lipinski definition) is 1. The number of fused-ring (bicyclic) bond motifs is 5. The van der Waals surface area contributed by atoms with Crippen molar-refractivity contribution < 1.29 is 9.47 Å². The molecule has 1 aliphatic rings. The number of rotatable bonds is 3. The molecule has 1 aliphatic heterocycles. The normalized spacial score (nSPS) is 15.0. The third-order valence-corrected chi connectivity index (χ3v) is 5.03. The zero-order valence-electron chi connectivity index (χ0n) is 15.1. The first-order chi connectivity index (χ1) is 13.2. The Kier molecular flexibility index (Phi) is 3.72. The van der Waals surface area contributed by atoms with Crippen LogP contribution in [-0.2, 0) is 17.9 Å². The molecule has 0 amide bonds. The van der Waals surface area contributed by atoms with Gasteiger partial charge >= 0.3 is 0 Å². The molecule has 2 aromatic heterocycles. The number of benzene rings is 2. The predicted molar refractivity (Wildman–Crippen MR) is 105 cm³/mol. The van der Waals surface area contributed by atoms with Crippen molar-refractivity contribution in [2.75, 3.05) is 12.3 Å². The second-order valence-corrected chi connectivity index (χ2v) is 6.78. The molecule has 3 heterocycles. The molecule has 1 unspecified atom stereocenters. The van der Waals surface area contributed by atoms with Gasteiger partial charge < -0.3 is 19.8 Å². The third kappa shape index (κ3) is 2.69. The molecule has 2 aromatic carbocycles. The molecule has 2 N–H and O–H groups in total. The van der Waals surface area contributed by atoms with Crippen molar-refractivity contribution in [3.05, 3.63) is 59.9 Å². The number of anilines is 1. The Morgan fingerprint density at radius 3 is 2.85 bits per heavy atom. The predicted octanol–water partition coefficient (Wildman–Crippen LogP) is 3.84. The minimum atomic E-state index is -0.0513. The highest BCUT2D eigenvalue weighted by Crippen LogP contribution is 2.33. The lowest BCUT2D eigenvalue weighted by molar-refractivity contribution is 0.0831. The first kappa shape index (κ1) is 16.1. The number of nitrogens with zero attached hydrogens (tertiary/aromatic N) is 3. The van der Waals surface area contributed by atoms with E-state index in [0.717, 1.165) is 45.6 Å². The second-order valence-electron chi connectivity index (χ2n) is 6.78. The molecule has 0 spiro atoms. The molecule has 0 radical (unpaired) electrons. The highest BCUT2D eigenvalue weighted by atomic mass is 16.5. The molecule has 0 bridgehead atoms. The largest absolute Gasteiger partial charge is 0.486 e. The summed E-state index contributed by atoms with van der Waals surface area (Å²) in [6, 6.07) is 16.1. The van der Waals surface area contributed by atoms with E-state index in [1.165, 1.54) is 0 Å². The standard InChI is InChI=1S/C21H20N4O2/c1-13(14-5-3-2-4-6-14)27-15-7-8-16-17(11-15)23-21(22)19-20(16)25-9-10-26-12-18(25)24-19/h2-8,11,13H,9-10,12H2,1H3,(H2,22,23). The lowest BCUT2D eigenvalue weighted by atomic mass is 10.1. The van der Waals surface area contributed by atoms with Gasteiger partial charge in [-0.15, -0.1) is 0 Å². The Morgan fingerprint density at radius 1 is 1.15 bits per heavy atom. The summed E-state index contributed by atoms with van der Waals surface area (Å²) in [6.07, 6.45) is -0.0513. The van der Waals surface area contributed by atoms with Crippen LogP contribution in [0, 0.1) is 0 Å². The third-order valence-electron chi connectivity index (χ3n) is 5.03. The van der Waals surface area contributed by atoms with E-state index in [4.69, 9.17) is 15.2 Å². The molecular formula is C21H20N4O2. The summed E-state index contributed by atoms with van der Waals surface area (Å²) in [6.45, 7) is 3.99. The maximum atomic E-state index is 6.21. The molecule has 5 rings (SSSR count).